The van der Waals surface area contributed by atoms with Gasteiger partial charge in [-0.25, -0.2) is 0 Å². The van der Waals surface area contributed by atoms with Crippen LogP contribution in [0.15, 0.2) is 18.2 Å². The molecule has 0 spiro atoms. The van der Waals surface area contributed by atoms with Crippen molar-refractivity contribution in [3.05, 3.63) is 33.9 Å². The van der Waals surface area contributed by atoms with Crippen LogP contribution in [-0.4, -0.2) is 29.8 Å². The third-order valence-electron chi connectivity index (χ3n) is 3.17. The van der Waals surface area contributed by atoms with E-state index < -0.39 is 10.8 Å². The van der Waals surface area contributed by atoms with Crippen molar-refractivity contribution < 1.29 is 14.5 Å². The van der Waals surface area contributed by atoms with Crippen LogP contribution in [0.3, 0.4) is 0 Å². The van der Waals surface area contributed by atoms with Gasteiger partial charge < -0.3 is 16.4 Å². The fourth-order valence-electron chi connectivity index (χ4n) is 1.86. The zero-order valence-electron chi connectivity index (χ0n) is 11.3. The molecular formula is C13H16N4O4. The number of nitrogens with one attached hydrogen (secondary N) is 2. The molecule has 1 aromatic rings. The minimum atomic E-state index is -0.721. The number of nitrogens with two attached hydrogens (primary N) is 1. The second kappa shape index (κ2) is 6.21. The molecule has 0 aliphatic heterocycles. The number of hydrogen-bond acceptors (Lipinski definition) is 5. The van der Waals surface area contributed by atoms with E-state index in [9.17, 15) is 19.7 Å². The van der Waals surface area contributed by atoms with Gasteiger partial charge in [-0.3, -0.25) is 19.7 Å². The molecule has 8 heteroatoms. The van der Waals surface area contributed by atoms with Crippen LogP contribution >= 0.6 is 0 Å². The highest BCUT2D eigenvalue weighted by Gasteiger charge is 2.29. The van der Waals surface area contributed by atoms with Crippen molar-refractivity contribution in [2.45, 2.75) is 12.8 Å². The first-order valence-electron chi connectivity index (χ1n) is 6.59. The van der Waals surface area contributed by atoms with Crippen molar-refractivity contribution in [2.24, 2.45) is 11.7 Å². The maximum Gasteiger partial charge on any atom is 0.293 e. The van der Waals surface area contributed by atoms with Gasteiger partial charge in [0.1, 0.15) is 5.69 Å². The average molecular weight is 292 g/mol. The summed E-state index contributed by atoms with van der Waals surface area (Å²) in [5.41, 5.74) is 5.23. The van der Waals surface area contributed by atoms with Crippen molar-refractivity contribution in [1.29, 1.82) is 0 Å². The quantitative estimate of drug-likeness (QED) is 0.386. The van der Waals surface area contributed by atoms with E-state index in [0.29, 0.717) is 13.1 Å². The van der Waals surface area contributed by atoms with Crippen LogP contribution in [0.4, 0.5) is 11.4 Å². The number of carbonyl (C=O) groups excluding carboxylic acids is 2. The van der Waals surface area contributed by atoms with Gasteiger partial charge in [-0.05, 0) is 25.0 Å². The van der Waals surface area contributed by atoms with E-state index in [4.69, 9.17) is 5.73 Å². The van der Waals surface area contributed by atoms with Crippen LogP contribution in [0.2, 0.25) is 0 Å². The molecule has 0 radical (unpaired) electrons. The van der Waals surface area contributed by atoms with Gasteiger partial charge in [0.2, 0.25) is 11.8 Å². The molecule has 0 bridgehead atoms. The highest BCUT2D eigenvalue weighted by Crippen LogP contribution is 2.28. The third-order valence-corrected chi connectivity index (χ3v) is 3.17. The molecule has 1 saturated carbocycles. The van der Waals surface area contributed by atoms with Gasteiger partial charge in [0, 0.05) is 30.6 Å². The lowest BCUT2D eigenvalue weighted by molar-refractivity contribution is -0.384. The summed E-state index contributed by atoms with van der Waals surface area (Å²) in [6, 6.07) is 3.98. The number of amides is 2. The molecule has 8 nitrogen and oxygen atoms in total. The van der Waals surface area contributed by atoms with E-state index in [2.05, 4.69) is 10.6 Å². The van der Waals surface area contributed by atoms with Gasteiger partial charge in [0.05, 0.1) is 4.92 Å². The molecule has 4 N–H and O–H groups in total. The Morgan fingerprint density at radius 2 is 2.05 bits per heavy atom. The van der Waals surface area contributed by atoms with Crippen LogP contribution in [0.1, 0.15) is 23.2 Å². The molecule has 0 heterocycles. The number of carbonyl (C=O) groups is 2. The van der Waals surface area contributed by atoms with Gasteiger partial charge in [-0.1, -0.05) is 0 Å². The summed E-state index contributed by atoms with van der Waals surface area (Å²) in [5, 5.41) is 16.6. The summed E-state index contributed by atoms with van der Waals surface area (Å²) in [6.45, 7) is 0.735. The zero-order valence-corrected chi connectivity index (χ0v) is 11.3. The lowest BCUT2D eigenvalue weighted by Crippen LogP contribution is -2.29. The van der Waals surface area contributed by atoms with Crippen LogP contribution in [0, 0.1) is 16.0 Å². The zero-order chi connectivity index (χ0) is 15.4. The van der Waals surface area contributed by atoms with Crippen molar-refractivity contribution in [3.63, 3.8) is 0 Å². The van der Waals surface area contributed by atoms with Crippen molar-refractivity contribution in [1.82, 2.24) is 5.32 Å². The number of benzene rings is 1. The number of nitro groups is 1. The first kappa shape index (κ1) is 14.8. The van der Waals surface area contributed by atoms with E-state index in [1.165, 1.54) is 12.1 Å². The monoisotopic (exact) mass is 292 g/mol. The second-order valence-electron chi connectivity index (χ2n) is 4.85. The molecule has 0 unspecified atom stereocenters. The topological polar surface area (TPSA) is 127 Å². The Hall–Kier alpha value is -2.64. The number of rotatable bonds is 7. The summed E-state index contributed by atoms with van der Waals surface area (Å²) in [5.74, 6) is -0.564. The highest BCUT2D eigenvalue weighted by molar-refractivity contribution is 5.94. The van der Waals surface area contributed by atoms with Gasteiger partial charge in [-0.15, -0.1) is 0 Å². The molecule has 2 amide bonds. The normalized spacial score (nSPS) is 13.5. The Balaban J connectivity index is 1.93. The van der Waals surface area contributed by atoms with Crippen LogP contribution in [-0.2, 0) is 4.79 Å². The predicted octanol–water partition coefficient (Wildman–Crippen LogP) is 0.632. The van der Waals surface area contributed by atoms with E-state index in [1.54, 1.807) is 0 Å². The third kappa shape index (κ3) is 3.91. The number of hydrogen-bond donors (Lipinski definition) is 3. The highest BCUT2D eigenvalue weighted by atomic mass is 16.6. The Bertz CT molecular complexity index is 584. The SMILES string of the molecule is NC(=O)c1ccc(NCCNC(=O)C2CC2)c([N+](=O)[O-])c1. The standard InChI is InChI=1S/C13H16N4O4/c14-12(18)9-3-4-10(11(7-9)17(20)21)15-5-6-16-13(19)8-1-2-8/h3-4,7-8,15H,1-2,5-6H2,(H2,14,18)(H,16,19). The fourth-order valence-corrected chi connectivity index (χ4v) is 1.86. The van der Waals surface area contributed by atoms with Crippen LogP contribution < -0.4 is 16.4 Å². The van der Waals surface area contributed by atoms with Gasteiger partial charge >= 0.3 is 0 Å². The molecule has 2 rings (SSSR count). The maximum atomic E-state index is 11.4. The molecule has 1 aliphatic rings. The summed E-state index contributed by atoms with van der Waals surface area (Å²) in [7, 11) is 0. The average Bonchev–Trinajstić information content (AvgIpc) is 3.27. The predicted molar refractivity (Wildman–Crippen MR) is 75.8 cm³/mol. The minimum absolute atomic E-state index is 0.0235. The number of nitrogens with zero attached hydrogens (tertiary/aromatic N) is 1. The van der Waals surface area contributed by atoms with E-state index in [-0.39, 0.29) is 28.8 Å². The second-order valence-corrected chi connectivity index (χ2v) is 4.85. The summed E-state index contributed by atoms with van der Waals surface area (Å²) in [4.78, 5) is 32.8. The largest absolute Gasteiger partial charge is 0.378 e. The molecule has 1 fully saturated rings. The smallest absolute Gasteiger partial charge is 0.293 e. The minimum Gasteiger partial charge on any atom is -0.378 e. The molecule has 21 heavy (non-hydrogen) atoms. The number of anilines is 1. The van der Waals surface area contributed by atoms with Gasteiger partial charge in [0.25, 0.3) is 5.69 Å². The summed E-state index contributed by atoms with van der Waals surface area (Å²) < 4.78 is 0. The van der Waals surface area contributed by atoms with E-state index >= 15 is 0 Å². The Morgan fingerprint density at radius 3 is 2.62 bits per heavy atom. The van der Waals surface area contributed by atoms with Crippen molar-refractivity contribution >= 4 is 23.2 Å². The molecular weight excluding hydrogens is 276 g/mol. The molecule has 0 aromatic heterocycles. The lowest BCUT2D eigenvalue weighted by atomic mass is 10.1. The summed E-state index contributed by atoms with van der Waals surface area (Å²) >= 11 is 0. The van der Waals surface area contributed by atoms with Gasteiger partial charge in [0.15, 0.2) is 0 Å². The van der Waals surface area contributed by atoms with Crippen molar-refractivity contribution in [3.8, 4) is 0 Å². The number of nitro benzene ring substituents is 1. The van der Waals surface area contributed by atoms with E-state index in [1.807, 2.05) is 0 Å². The molecule has 0 saturated heterocycles. The Labute approximate surface area is 120 Å². The maximum absolute atomic E-state index is 11.4. The molecule has 0 atom stereocenters. The first-order chi connectivity index (χ1) is 9.99. The van der Waals surface area contributed by atoms with Crippen molar-refractivity contribution in [2.75, 3.05) is 18.4 Å². The van der Waals surface area contributed by atoms with Crippen LogP contribution in [0.5, 0.6) is 0 Å². The Morgan fingerprint density at radius 1 is 1.33 bits per heavy atom. The molecule has 1 aliphatic carbocycles. The van der Waals surface area contributed by atoms with Gasteiger partial charge in [-0.2, -0.15) is 0 Å². The molecule has 112 valence electrons. The van der Waals surface area contributed by atoms with E-state index in [0.717, 1.165) is 18.9 Å². The first-order valence-corrected chi connectivity index (χ1v) is 6.59. The van der Waals surface area contributed by atoms with Crippen LogP contribution in [0.25, 0.3) is 0 Å². The summed E-state index contributed by atoms with van der Waals surface area (Å²) in [6.07, 6.45) is 1.86. The lowest BCUT2D eigenvalue weighted by Gasteiger charge is -2.09. The fraction of sp³-hybridized carbons (Fsp3) is 0.385. The Kier molecular flexibility index (Phi) is 4.36. The molecule has 1 aromatic carbocycles. The number of primary amides is 1.